The highest BCUT2D eigenvalue weighted by Crippen LogP contribution is 2.33. The first-order valence-electron chi connectivity index (χ1n) is 9.31. The van der Waals surface area contributed by atoms with Gasteiger partial charge in [-0.05, 0) is 48.3 Å². The number of hydrogen-bond acceptors (Lipinski definition) is 4. The van der Waals surface area contributed by atoms with Gasteiger partial charge in [-0.3, -0.25) is 0 Å². The average Bonchev–Trinajstić information content (AvgIpc) is 3.03. The zero-order chi connectivity index (χ0) is 19.1. The Hall–Kier alpha value is -2.30. The van der Waals surface area contributed by atoms with Crippen molar-refractivity contribution in [1.29, 1.82) is 0 Å². The third-order valence-corrected chi connectivity index (χ3v) is 4.02. The van der Waals surface area contributed by atoms with Crippen LogP contribution >= 0.6 is 0 Å². The van der Waals surface area contributed by atoms with Gasteiger partial charge in [-0.15, -0.1) is 0 Å². The number of carbonyl (C=O) groups is 2. The largest absolute Gasteiger partial charge is 0.462 e. The molecule has 0 saturated carbocycles. The molecule has 2 rings (SSSR count). The fourth-order valence-electron chi connectivity index (χ4n) is 2.77. The molecule has 0 amide bonds. The lowest BCUT2D eigenvalue weighted by molar-refractivity contribution is -0.143. The van der Waals surface area contributed by atoms with E-state index in [2.05, 4.69) is 4.98 Å². The van der Waals surface area contributed by atoms with Gasteiger partial charge in [0.2, 0.25) is 0 Å². The van der Waals surface area contributed by atoms with Crippen LogP contribution in [-0.2, 0) is 19.1 Å². The van der Waals surface area contributed by atoms with Crippen molar-refractivity contribution in [3.63, 3.8) is 0 Å². The summed E-state index contributed by atoms with van der Waals surface area (Å²) in [6, 6.07) is 1.91. The van der Waals surface area contributed by atoms with Gasteiger partial charge < -0.3 is 14.5 Å². The molecular weight excluding hydrogens is 330 g/mol. The molecule has 0 aromatic carbocycles. The first-order valence-corrected chi connectivity index (χ1v) is 9.31. The van der Waals surface area contributed by atoms with E-state index in [1.165, 1.54) is 0 Å². The minimum Gasteiger partial charge on any atom is -0.462 e. The SMILES string of the molecule is CC(C)COC(=O)C1=CCCCC(c2cc[nH]c2)=C1C(=O)OCC(C)C. The summed E-state index contributed by atoms with van der Waals surface area (Å²) in [5.41, 5.74) is 2.42. The summed E-state index contributed by atoms with van der Waals surface area (Å²) in [5.74, 6) is -0.453. The lowest BCUT2D eigenvalue weighted by Crippen LogP contribution is -2.21. The van der Waals surface area contributed by atoms with Crippen LogP contribution in [0.2, 0.25) is 0 Å². The molecule has 1 aliphatic carbocycles. The van der Waals surface area contributed by atoms with Crippen molar-refractivity contribution < 1.29 is 19.1 Å². The summed E-state index contributed by atoms with van der Waals surface area (Å²) in [7, 11) is 0. The molecule has 1 aromatic heterocycles. The third kappa shape index (κ3) is 5.35. The molecule has 0 atom stereocenters. The topological polar surface area (TPSA) is 68.4 Å². The van der Waals surface area contributed by atoms with Gasteiger partial charge in [0.1, 0.15) is 0 Å². The number of aromatic amines is 1. The summed E-state index contributed by atoms with van der Waals surface area (Å²) in [6.45, 7) is 8.56. The number of esters is 2. The Labute approximate surface area is 155 Å². The Morgan fingerprint density at radius 1 is 1.08 bits per heavy atom. The summed E-state index contributed by atoms with van der Waals surface area (Å²) >= 11 is 0. The second-order valence-electron chi connectivity index (χ2n) is 7.45. The van der Waals surface area contributed by atoms with Gasteiger partial charge in [-0.1, -0.05) is 33.8 Å². The number of allylic oxidation sites excluding steroid dienone is 2. The highest BCUT2D eigenvalue weighted by molar-refractivity contribution is 6.12. The number of rotatable bonds is 7. The van der Waals surface area contributed by atoms with E-state index in [0.29, 0.717) is 30.8 Å². The molecule has 1 heterocycles. The van der Waals surface area contributed by atoms with Crippen LogP contribution in [-0.4, -0.2) is 30.1 Å². The number of ether oxygens (including phenoxy) is 2. The molecule has 0 fully saturated rings. The lowest BCUT2D eigenvalue weighted by atomic mass is 9.95. The van der Waals surface area contributed by atoms with Crippen LogP contribution in [0.25, 0.3) is 5.57 Å². The van der Waals surface area contributed by atoms with E-state index in [-0.39, 0.29) is 11.8 Å². The van der Waals surface area contributed by atoms with Gasteiger partial charge in [-0.2, -0.15) is 0 Å². The van der Waals surface area contributed by atoms with E-state index in [4.69, 9.17) is 9.47 Å². The molecular formula is C21H29NO4. The van der Waals surface area contributed by atoms with Crippen molar-refractivity contribution in [2.45, 2.75) is 47.0 Å². The molecule has 142 valence electrons. The number of H-pyrrole nitrogens is 1. The molecule has 26 heavy (non-hydrogen) atoms. The molecule has 0 spiro atoms. The monoisotopic (exact) mass is 359 g/mol. The molecule has 1 N–H and O–H groups in total. The third-order valence-electron chi connectivity index (χ3n) is 4.02. The van der Waals surface area contributed by atoms with E-state index < -0.39 is 11.9 Å². The van der Waals surface area contributed by atoms with Gasteiger partial charge in [0.25, 0.3) is 0 Å². The number of carbonyl (C=O) groups excluding carboxylic acids is 2. The first-order chi connectivity index (χ1) is 12.4. The molecule has 1 aromatic rings. The number of hydrogen-bond donors (Lipinski definition) is 1. The van der Waals surface area contributed by atoms with Crippen LogP contribution in [0.4, 0.5) is 0 Å². The predicted molar refractivity (Wildman–Crippen MR) is 101 cm³/mol. The van der Waals surface area contributed by atoms with Crippen LogP contribution in [0.1, 0.15) is 52.5 Å². The van der Waals surface area contributed by atoms with Gasteiger partial charge in [0.05, 0.1) is 24.4 Å². The van der Waals surface area contributed by atoms with E-state index in [9.17, 15) is 9.59 Å². The van der Waals surface area contributed by atoms with Crippen LogP contribution in [0.3, 0.4) is 0 Å². The fourth-order valence-corrected chi connectivity index (χ4v) is 2.77. The van der Waals surface area contributed by atoms with Gasteiger partial charge in [0, 0.05) is 12.4 Å². The van der Waals surface area contributed by atoms with Crippen molar-refractivity contribution >= 4 is 17.5 Å². The highest BCUT2D eigenvalue weighted by Gasteiger charge is 2.29. The smallest absolute Gasteiger partial charge is 0.339 e. The lowest BCUT2D eigenvalue weighted by Gasteiger charge is -2.16. The zero-order valence-corrected chi connectivity index (χ0v) is 16.1. The van der Waals surface area contributed by atoms with Crippen LogP contribution in [0.15, 0.2) is 35.7 Å². The molecule has 0 radical (unpaired) electrons. The molecule has 0 aliphatic heterocycles. The quantitative estimate of drug-likeness (QED) is 0.738. The van der Waals surface area contributed by atoms with Gasteiger partial charge in [0.15, 0.2) is 0 Å². The fraction of sp³-hybridized carbons (Fsp3) is 0.524. The van der Waals surface area contributed by atoms with Crippen molar-refractivity contribution in [2.24, 2.45) is 11.8 Å². The average molecular weight is 359 g/mol. The summed E-state index contributed by atoms with van der Waals surface area (Å²) in [4.78, 5) is 28.6. The maximum Gasteiger partial charge on any atom is 0.339 e. The van der Waals surface area contributed by atoms with Crippen molar-refractivity contribution in [1.82, 2.24) is 4.98 Å². The van der Waals surface area contributed by atoms with Crippen molar-refractivity contribution in [3.8, 4) is 0 Å². The second kappa shape index (κ2) is 9.41. The zero-order valence-electron chi connectivity index (χ0n) is 16.1. The van der Waals surface area contributed by atoms with Crippen LogP contribution in [0, 0.1) is 11.8 Å². The minimum atomic E-state index is -0.454. The van der Waals surface area contributed by atoms with Crippen molar-refractivity contribution in [2.75, 3.05) is 13.2 Å². The van der Waals surface area contributed by atoms with Gasteiger partial charge in [-0.25, -0.2) is 9.59 Å². The molecule has 0 unspecified atom stereocenters. The summed E-state index contributed by atoms with van der Waals surface area (Å²) < 4.78 is 10.9. The Morgan fingerprint density at radius 3 is 2.31 bits per heavy atom. The Bertz CT molecular complexity index is 681. The number of nitrogens with one attached hydrogen (secondary N) is 1. The standard InChI is InChI=1S/C21H29NO4/c1-14(2)12-25-20(23)18-8-6-5-7-17(16-9-10-22-11-16)19(18)21(24)26-13-15(3)4/h8-11,14-15,22H,5-7,12-13H2,1-4H3. The predicted octanol–water partition coefficient (Wildman–Crippen LogP) is 4.28. The molecule has 5 nitrogen and oxygen atoms in total. The molecule has 0 saturated heterocycles. The molecule has 0 bridgehead atoms. The Morgan fingerprint density at radius 2 is 1.73 bits per heavy atom. The Kier molecular flexibility index (Phi) is 7.25. The highest BCUT2D eigenvalue weighted by atomic mass is 16.5. The summed E-state index contributed by atoms with van der Waals surface area (Å²) in [6.07, 6.45) is 7.76. The van der Waals surface area contributed by atoms with Crippen LogP contribution in [0.5, 0.6) is 0 Å². The normalized spacial score (nSPS) is 15.1. The second-order valence-corrected chi connectivity index (χ2v) is 7.45. The Balaban J connectivity index is 2.41. The van der Waals surface area contributed by atoms with Crippen molar-refractivity contribution in [3.05, 3.63) is 41.2 Å². The van der Waals surface area contributed by atoms with E-state index in [0.717, 1.165) is 24.0 Å². The maximum absolute atomic E-state index is 12.9. The minimum absolute atomic E-state index is 0.223. The van der Waals surface area contributed by atoms with Crippen LogP contribution < -0.4 is 0 Å². The summed E-state index contributed by atoms with van der Waals surface area (Å²) in [5, 5.41) is 0. The van der Waals surface area contributed by atoms with Gasteiger partial charge >= 0.3 is 11.9 Å². The van der Waals surface area contributed by atoms with E-state index in [1.54, 1.807) is 0 Å². The molecule has 5 heteroatoms. The first kappa shape index (κ1) is 20.0. The maximum atomic E-state index is 12.9. The van der Waals surface area contributed by atoms with E-state index >= 15 is 0 Å². The van der Waals surface area contributed by atoms with E-state index in [1.807, 2.05) is 52.2 Å². The number of aromatic nitrogens is 1. The molecule has 1 aliphatic rings.